The summed E-state index contributed by atoms with van der Waals surface area (Å²) in [4.78, 5) is 0. The van der Waals surface area contributed by atoms with E-state index in [9.17, 15) is 0 Å². The molecule has 1 rings (SSSR count). The predicted octanol–water partition coefficient (Wildman–Crippen LogP) is 4.39. The fourth-order valence-electron chi connectivity index (χ4n) is 1.79. The van der Waals surface area contributed by atoms with Crippen LogP contribution in [0.15, 0.2) is 30.3 Å². The summed E-state index contributed by atoms with van der Waals surface area (Å²) in [5.74, 6) is 0. The highest BCUT2D eigenvalue weighted by Gasteiger charge is 2.12. The van der Waals surface area contributed by atoms with E-state index in [1.54, 1.807) is 0 Å². The van der Waals surface area contributed by atoms with Crippen molar-refractivity contribution in [1.29, 1.82) is 0 Å². The second kappa shape index (κ2) is 6.75. The molecule has 0 saturated carbocycles. The van der Waals surface area contributed by atoms with Gasteiger partial charge in [0.1, 0.15) is 0 Å². The van der Waals surface area contributed by atoms with Crippen molar-refractivity contribution in [2.24, 2.45) is 0 Å². The largest absolute Gasteiger partial charge is 0.311 e. The minimum atomic E-state index is 0.234. The van der Waals surface area contributed by atoms with Gasteiger partial charge in [-0.05, 0) is 36.4 Å². The van der Waals surface area contributed by atoms with Gasteiger partial charge in [0.2, 0.25) is 0 Å². The number of hydrogen-bond donors (Lipinski definition) is 1. The van der Waals surface area contributed by atoms with E-state index in [1.807, 2.05) is 0 Å². The van der Waals surface area contributed by atoms with Gasteiger partial charge in [0.05, 0.1) is 0 Å². The molecular weight excluding hydrogens is 218 g/mol. The lowest BCUT2D eigenvalue weighted by Crippen LogP contribution is -2.24. The van der Waals surface area contributed by atoms with E-state index in [-0.39, 0.29) is 5.41 Å². The van der Waals surface area contributed by atoms with Crippen molar-refractivity contribution in [3.63, 3.8) is 0 Å². The van der Waals surface area contributed by atoms with E-state index in [0.717, 1.165) is 6.54 Å². The average molecular weight is 245 g/mol. The highest BCUT2D eigenvalue weighted by atomic mass is 14.9. The van der Waals surface area contributed by atoms with Crippen molar-refractivity contribution in [3.8, 4) is 0 Å². The molecule has 0 saturated heterocycles. The van der Waals surface area contributed by atoms with Gasteiger partial charge in [-0.25, -0.2) is 0 Å². The topological polar surface area (TPSA) is 12.0 Å². The summed E-state index contributed by atoms with van der Waals surface area (Å²) in [5, 5.41) is 3.45. The number of benzene rings is 1. The normalized spacial score (nSPS) is 14.1. The van der Waals surface area contributed by atoms with Gasteiger partial charge in [-0.2, -0.15) is 0 Å². The summed E-state index contributed by atoms with van der Waals surface area (Å²) in [6.07, 6.45) is 5.60. The fourth-order valence-corrected chi connectivity index (χ4v) is 1.79. The number of nitrogens with one attached hydrogen (secondary N) is 1. The smallest absolute Gasteiger partial charge is 0.0224 e. The summed E-state index contributed by atoms with van der Waals surface area (Å²) in [6.45, 7) is 12.2. The van der Waals surface area contributed by atoms with Crippen LogP contribution in [0.2, 0.25) is 0 Å². The Morgan fingerprint density at radius 3 is 2.28 bits per heavy atom. The van der Waals surface area contributed by atoms with Gasteiger partial charge < -0.3 is 5.32 Å². The SMILES string of the molecule is CCCNC(C)/C=C/c1ccc(C(C)(C)C)cc1. The molecule has 1 nitrogen and oxygen atoms in total. The average Bonchev–Trinajstić information content (AvgIpc) is 2.33. The second-order valence-corrected chi connectivity index (χ2v) is 5.97. The van der Waals surface area contributed by atoms with E-state index in [2.05, 4.69) is 76.4 Å². The Hall–Kier alpha value is -1.08. The third-order valence-corrected chi connectivity index (χ3v) is 3.07. The van der Waals surface area contributed by atoms with Crippen molar-refractivity contribution in [3.05, 3.63) is 41.5 Å². The molecule has 0 spiro atoms. The monoisotopic (exact) mass is 245 g/mol. The van der Waals surface area contributed by atoms with Crippen LogP contribution in [-0.4, -0.2) is 12.6 Å². The molecular formula is C17H27N. The van der Waals surface area contributed by atoms with Crippen LogP contribution in [0, 0.1) is 0 Å². The van der Waals surface area contributed by atoms with Crippen LogP contribution < -0.4 is 5.32 Å². The van der Waals surface area contributed by atoms with E-state index in [4.69, 9.17) is 0 Å². The fraction of sp³-hybridized carbons (Fsp3) is 0.529. The molecule has 0 aliphatic rings. The van der Waals surface area contributed by atoms with Crippen molar-refractivity contribution >= 4 is 6.08 Å². The van der Waals surface area contributed by atoms with Crippen molar-refractivity contribution in [2.75, 3.05) is 6.54 Å². The molecule has 0 aromatic heterocycles. The molecule has 100 valence electrons. The minimum absolute atomic E-state index is 0.234. The summed E-state index contributed by atoms with van der Waals surface area (Å²) in [6, 6.07) is 9.29. The molecule has 1 atom stereocenters. The third-order valence-electron chi connectivity index (χ3n) is 3.07. The first-order valence-corrected chi connectivity index (χ1v) is 6.95. The molecule has 1 unspecified atom stereocenters. The first kappa shape index (κ1) is 15.0. The third kappa shape index (κ3) is 5.05. The summed E-state index contributed by atoms with van der Waals surface area (Å²) < 4.78 is 0. The molecule has 0 aliphatic heterocycles. The van der Waals surface area contributed by atoms with E-state index >= 15 is 0 Å². The maximum Gasteiger partial charge on any atom is 0.0224 e. The zero-order valence-corrected chi connectivity index (χ0v) is 12.5. The van der Waals surface area contributed by atoms with Crippen LogP contribution in [0.3, 0.4) is 0 Å². The van der Waals surface area contributed by atoms with Crippen LogP contribution in [0.1, 0.15) is 52.2 Å². The van der Waals surface area contributed by atoms with Crippen molar-refractivity contribution in [1.82, 2.24) is 5.32 Å². The molecule has 0 amide bonds. The first-order valence-electron chi connectivity index (χ1n) is 6.95. The van der Waals surface area contributed by atoms with Crippen molar-refractivity contribution < 1.29 is 0 Å². The first-order chi connectivity index (χ1) is 8.43. The molecule has 1 N–H and O–H groups in total. The Morgan fingerprint density at radius 2 is 1.78 bits per heavy atom. The molecule has 1 heteroatoms. The number of hydrogen-bond acceptors (Lipinski definition) is 1. The second-order valence-electron chi connectivity index (χ2n) is 5.97. The van der Waals surface area contributed by atoms with Gasteiger partial charge in [0.25, 0.3) is 0 Å². The highest BCUT2D eigenvalue weighted by Crippen LogP contribution is 2.22. The van der Waals surface area contributed by atoms with E-state index < -0.39 is 0 Å². The van der Waals surface area contributed by atoms with Crippen LogP contribution in [0.5, 0.6) is 0 Å². The predicted molar refractivity (Wildman–Crippen MR) is 81.9 cm³/mol. The van der Waals surface area contributed by atoms with Gasteiger partial charge >= 0.3 is 0 Å². The Bertz CT molecular complexity index is 368. The van der Waals surface area contributed by atoms with Gasteiger partial charge in [0.15, 0.2) is 0 Å². The molecule has 1 aromatic rings. The number of rotatable bonds is 5. The molecule has 0 radical (unpaired) electrons. The minimum Gasteiger partial charge on any atom is -0.311 e. The molecule has 0 heterocycles. The quantitative estimate of drug-likeness (QED) is 0.811. The Morgan fingerprint density at radius 1 is 1.17 bits per heavy atom. The Kier molecular flexibility index (Phi) is 5.61. The van der Waals surface area contributed by atoms with E-state index in [1.165, 1.54) is 17.5 Å². The summed E-state index contributed by atoms with van der Waals surface area (Å²) in [5.41, 5.74) is 2.89. The lowest BCUT2D eigenvalue weighted by Gasteiger charge is -2.18. The standard InChI is InChI=1S/C17H27N/c1-6-13-18-14(2)7-8-15-9-11-16(12-10-15)17(3,4)5/h7-12,14,18H,6,13H2,1-5H3/b8-7+. The molecule has 0 fully saturated rings. The van der Waals surface area contributed by atoms with Gasteiger partial charge in [-0.3, -0.25) is 0 Å². The molecule has 0 bridgehead atoms. The van der Waals surface area contributed by atoms with E-state index in [0.29, 0.717) is 6.04 Å². The molecule has 18 heavy (non-hydrogen) atoms. The molecule has 1 aromatic carbocycles. The van der Waals surface area contributed by atoms with Crippen LogP contribution in [0.25, 0.3) is 6.08 Å². The van der Waals surface area contributed by atoms with Gasteiger partial charge in [0, 0.05) is 6.04 Å². The Balaban J connectivity index is 2.61. The van der Waals surface area contributed by atoms with Crippen molar-refractivity contribution in [2.45, 2.75) is 52.5 Å². The molecule has 0 aliphatic carbocycles. The van der Waals surface area contributed by atoms with Gasteiger partial charge in [-0.1, -0.05) is 64.1 Å². The van der Waals surface area contributed by atoms with Crippen LogP contribution in [-0.2, 0) is 5.41 Å². The van der Waals surface area contributed by atoms with Gasteiger partial charge in [-0.15, -0.1) is 0 Å². The van der Waals surface area contributed by atoms with Crippen LogP contribution in [0.4, 0.5) is 0 Å². The maximum atomic E-state index is 3.45. The summed E-state index contributed by atoms with van der Waals surface area (Å²) >= 11 is 0. The van der Waals surface area contributed by atoms with Crippen LogP contribution >= 0.6 is 0 Å². The lowest BCUT2D eigenvalue weighted by molar-refractivity contribution is 0.590. The summed E-state index contributed by atoms with van der Waals surface area (Å²) in [7, 11) is 0. The lowest BCUT2D eigenvalue weighted by atomic mass is 9.87. The Labute approximate surface area is 112 Å². The maximum absolute atomic E-state index is 3.45. The highest BCUT2D eigenvalue weighted by molar-refractivity contribution is 5.50. The zero-order chi connectivity index (χ0) is 13.6. The zero-order valence-electron chi connectivity index (χ0n) is 12.5.